The molecule has 0 radical (unpaired) electrons. The summed E-state index contributed by atoms with van der Waals surface area (Å²) in [6.07, 6.45) is 1.76. The smallest absolute Gasteiger partial charge is 0.289 e. The zero-order chi connectivity index (χ0) is 29.5. The molecule has 2 aromatic carbocycles. The highest BCUT2D eigenvalue weighted by Crippen LogP contribution is 2.42. The molecule has 1 aliphatic rings. The minimum atomic E-state index is -0.331. The highest BCUT2D eigenvalue weighted by atomic mass is 16.5. The van der Waals surface area contributed by atoms with Crippen LogP contribution in [-0.4, -0.2) is 82.4 Å². The van der Waals surface area contributed by atoms with Crippen LogP contribution in [0.15, 0.2) is 53.2 Å². The molecule has 43 heavy (non-hydrogen) atoms. The Labute approximate surface area is 247 Å². The number of para-hydroxylation sites is 1. The van der Waals surface area contributed by atoms with Gasteiger partial charge in [0.2, 0.25) is 5.82 Å². The van der Waals surface area contributed by atoms with Gasteiger partial charge in [-0.3, -0.25) is 14.7 Å². The largest absolute Gasteiger partial charge is 0.496 e. The summed E-state index contributed by atoms with van der Waals surface area (Å²) in [6, 6.07) is 13.8. The second-order valence-electron chi connectivity index (χ2n) is 10.6. The Bertz CT molecular complexity index is 1970. The van der Waals surface area contributed by atoms with Crippen molar-refractivity contribution in [2.24, 2.45) is 0 Å². The molecule has 0 atom stereocenters. The Morgan fingerprint density at radius 1 is 1.07 bits per heavy atom. The van der Waals surface area contributed by atoms with E-state index in [2.05, 4.69) is 25.3 Å². The van der Waals surface area contributed by atoms with Gasteiger partial charge in [0.05, 0.1) is 48.2 Å². The van der Waals surface area contributed by atoms with Gasteiger partial charge in [-0.15, -0.1) is 0 Å². The van der Waals surface area contributed by atoms with Crippen LogP contribution in [0.4, 0.5) is 0 Å². The van der Waals surface area contributed by atoms with Crippen LogP contribution < -0.4 is 10.1 Å². The third kappa shape index (κ3) is 4.86. The minimum absolute atomic E-state index is 0.0924. The van der Waals surface area contributed by atoms with Crippen molar-refractivity contribution >= 4 is 38.7 Å². The number of carbonyl (C=O) groups excluding carboxylic acids is 1. The zero-order valence-corrected chi connectivity index (χ0v) is 24.2. The van der Waals surface area contributed by atoms with Crippen molar-refractivity contribution in [3.05, 3.63) is 65.9 Å². The fourth-order valence-corrected chi connectivity index (χ4v) is 5.89. The summed E-state index contributed by atoms with van der Waals surface area (Å²) in [4.78, 5) is 33.3. The number of aromatic amines is 1. The number of hydrogen-bond donors (Lipinski definition) is 2. The van der Waals surface area contributed by atoms with E-state index in [0.717, 1.165) is 69.2 Å². The number of aromatic nitrogens is 5. The number of benzene rings is 2. The van der Waals surface area contributed by atoms with Crippen LogP contribution in [0.2, 0.25) is 0 Å². The van der Waals surface area contributed by atoms with Crippen molar-refractivity contribution in [2.75, 3.05) is 46.5 Å². The predicted octanol–water partition coefficient (Wildman–Crippen LogP) is 4.67. The first-order valence-corrected chi connectivity index (χ1v) is 14.3. The van der Waals surface area contributed by atoms with E-state index >= 15 is 0 Å². The Morgan fingerprint density at radius 2 is 1.91 bits per heavy atom. The lowest BCUT2D eigenvalue weighted by molar-refractivity contribution is 0.0383. The van der Waals surface area contributed by atoms with Crippen molar-refractivity contribution in [3.63, 3.8) is 0 Å². The first-order valence-electron chi connectivity index (χ1n) is 14.3. The Balaban J connectivity index is 1.39. The number of pyridine rings is 1. The Morgan fingerprint density at radius 3 is 2.70 bits per heavy atom. The average Bonchev–Trinajstić information content (AvgIpc) is 3.57. The highest BCUT2D eigenvalue weighted by molar-refractivity contribution is 6.16. The van der Waals surface area contributed by atoms with Gasteiger partial charge in [0.1, 0.15) is 17.2 Å². The standard InChI is InChI=1S/C32H31N7O4/c1-18-27(19(2)43-38-18)23-16-25-22(17-26(23)41-3)28-29(21-8-9-33-24-7-5-4-6-20(21)24)36-31(37-30(28)35-25)32(40)34-10-11-39-12-14-42-15-13-39/h4-9,16-17H,10-15H2,1-3H3,(H,34,40)(H,35,36,37). The van der Waals surface area contributed by atoms with E-state index in [0.29, 0.717) is 42.6 Å². The fourth-order valence-electron chi connectivity index (χ4n) is 5.89. The number of methoxy groups -OCH3 is 1. The van der Waals surface area contributed by atoms with Gasteiger partial charge < -0.3 is 24.3 Å². The number of H-pyrrole nitrogens is 1. The first-order chi connectivity index (χ1) is 21.0. The Hall–Kier alpha value is -4.87. The zero-order valence-electron chi connectivity index (χ0n) is 24.2. The molecule has 218 valence electrons. The van der Waals surface area contributed by atoms with Gasteiger partial charge in [-0.1, -0.05) is 23.4 Å². The number of carbonyl (C=O) groups is 1. The van der Waals surface area contributed by atoms with Gasteiger partial charge in [0.25, 0.3) is 5.91 Å². The van der Waals surface area contributed by atoms with Gasteiger partial charge in [-0.25, -0.2) is 9.97 Å². The molecule has 1 saturated heterocycles. The first kappa shape index (κ1) is 27.0. The maximum absolute atomic E-state index is 13.4. The summed E-state index contributed by atoms with van der Waals surface area (Å²) >= 11 is 0. The fraction of sp³-hybridized carbons (Fsp3) is 0.281. The van der Waals surface area contributed by atoms with Crippen molar-refractivity contribution in [2.45, 2.75) is 13.8 Å². The molecule has 1 aliphatic heterocycles. The van der Waals surface area contributed by atoms with Crippen LogP contribution in [0.3, 0.4) is 0 Å². The number of ether oxygens (including phenoxy) is 2. The molecule has 11 heteroatoms. The molecule has 1 fully saturated rings. The molecular weight excluding hydrogens is 546 g/mol. The molecule has 4 aromatic heterocycles. The Kier molecular flexibility index (Phi) is 6.96. The molecule has 0 bridgehead atoms. The molecule has 2 N–H and O–H groups in total. The summed E-state index contributed by atoms with van der Waals surface area (Å²) in [6.45, 7) is 8.13. The maximum atomic E-state index is 13.4. The number of nitrogens with one attached hydrogen (secondary N) is 2. The number of nitrogens with zero attached hydrogens (tertiary/aromatic N) is 5. The second-order valence-corrected chi connectivity index (χ2v) is 10.6. The molecule has 7 rings (SSSR count). The van der Waals surface area contributed by atoms with Gasteiger partial charge in [0, 0.05) is 59.8 Å². The van der Waals surface area contributed by atoms with Crippen molar-refractivity contribution in [3.8, 4) is 28.1 Å². The lowest BCUT2D eigenvalue weighted by Crippen LogP contribution is -2.41. The molecule has 0 spiro atoms. The molecular formula is C32H31N7O4. The van der Waals surface area contributed by atoms with Crippen LogP contribution in [0.25, 0.3) is 55.2 Å². The number of amides is 1. The van der Waals surface area contributed by atoms with Crippen LogP contribution in [0, 0.1) is 13.8 Å². The monoisotopic (exact) mass is 577 g/mol. The van der Waals surface area contributed by atoms with E-state index in [-0.39, 0.29) is 11.7 Å². The number of aryl methyl sites for hydroxylation is 2. The van der Waals surface area contributed by atoms with Crippen LogP contribution in [0.5, 0.6) is 5.75 Å². The van der Waals surface area contributed by atoms with Crippen molar-refractivity contribution in [1.29, 1.82) is 0 Å². The van der Waals surface area contributed by atoms with Gasteiger partial charge in [-0.05, 0) is 38.1 Å². The van der Waals surface area contributed by atoms with E-state index < -0.39 is 0 Å². The van der Waals surface area contributed by atoms with Crippen LogP contribution >= 0.6 is 0 Å². The number of hydrogen-bond acceptors (Lipinski definition) is 9. The SMILES string of the molecule is COc1cc2c(cc1-c1c(C)noc1C)[nH]c1nc(C(=O)NCCN3CCOCC3)nc(-c3ccnc4ccccc34)c12. The maximum Gasteiger partial charge on any atom is 0.289 e. The second kappa shape index (κ2) is 11.1. The minimum Gasteiger partial charge on any atom is -0.496 e. The predicted molar refractivity (Wildman–Crippen MR) is 163 cm³/mol. The van der Waals surface area contributed by atoms with Gasteiger partial charge in [-0.2, -0.15) is 0 Å². The summed E-state index contributed by atoms with van der Waals surface area (Å²) in [5.74, 6) is 1.13. The topological polar surface area (TPSA) is 131 Å². The van der Waals surface area contributed by atoms with E-state index in [1.807, 2.05) is 56.3 Å². The highest BCUT2D eigenvalue weighted by Gasteiger charge is 2.23. The molecule has 0 saturated carbocycles. The van der Waals surface area contributed by atoms with Gasteiger partial charge >= 0.3 is 0 Å². The molecule has 1 amide bonds. The summed E-state index contributed by atoms with van der Waals surface area (Å²) < 4.78 is 16.8. The number of fused-ring (bicyclic) bond motifs is 4. The molecule has 11 nitrogen and oxygen atoms in total. The number of morpholine rings is 1. The molecule has 0 unspecified atom stereocenters. The van der Waals surface area contributed by atoms with E-state index in [9.17, 15) is 4.79 Å². The van der Waals surface area contributed by atoms with Crippen molar-refractivity contribution < 1.29 is 18.8 Å². The normalized spacial score (nSPS) is 14.1. The van der Waals surface area contributed by atoms with E-state index in [4.69, 9.17) is 24.0 Å². The average molecular weight is 578 g/mol. The third-order valence-corrected chi connectivity index (χ3v) is 8.00. The summed E-state index contributed by atoms with van der Waals surface area (Å²) in [5.41, 5.74) is 6.21. The number of rotatable bonds is 7. The lowest BCUT2D eigenvalue weighted by atomic mass is 9.99. The molecule has 5 heterocycles. The molecule has 6 aromatic rings. The van der Waals surface area contributed by atoms with Crippen molar-refractivity contribution in [1.82, 2.24) is 35.3 Å². The quantitative estimate of drug-likeness (QED) is 0.278. The molecule has 0 aliphatic carbocycles. The summed E-state index contributed by atoms with van der Waals surface area (Å²) in [7, 11) is 1.64. The third-order valence-electron chi connectivity index (χ3n) is 8.00. The lowest BCUT2D eigenvalue weighted by Gasteiger charge is -2.26. The van der Waals surface area contributed by atoms with Gasteiger partial charge in [0.15, 0.2) is 0 Å². The van der Waals surface area contributed by atoms with Crippen LogP contribution in [0.1, 0.15) is 22.1 Å². The summed E-state index contributed by atoms with van der Waals surface area (Å²) in [5, 5.41) is 9.74. The van der Waals surface area contributed by atoms with E-state index in [1.165, 1.54) is 0 Å². The van der Waals surface area contributed by atoms with Crippen LogP contribution in [-0.2, 0) is 4.74 Å². The van der Waals surface area contributed by atoms with E-state index in [1.54, 1.807) is 13.3 Å².